The Kier molecular flexibility index (Phi) is 4.27. The second kappa shape index (κ2) is 5.50. The van der Waals surface area contributed by atoms with Crippen molar-refractivity contribution < 1.29 is 22.7 Å². The van der Waals surface area contributed by atoms with E-state index in [9.17, 15) is 13.2 Å². The summed E-state index contributed by atoms with van der Waals surface area (Å²) in [7, 11) is -3.77. The summed E-state index contributed by atoms with van der Waals surface area (Å²) in [4.78, 5) is 10.7. The Morgan fingerprint density at radius 2 is 1.95 bits per heavy atom. The molecule has 0 aromatic carbocycles. The van der Waals surface area contributed by atoms with Gasteiger partial charge in [-0.1, -0.05) is 6.42 Å². The fourth-order valence-corrected chi connectivity index (χ4v) is 5.41. The van der Waals surface area contributed by atoms with Crippen LogP contribution >= 0.6 is 15.9 Å². The van der Waals surface area contributed by atoms with Gasteiger partial charge in [0.25, 0.3) is 0 Å². The Balaban J connectivity index is 2.46. The van der Waals surface area contributed by atoms with E-state index in [1.54, 1.807) is 0 Å². The molecular formula is C12H16BrNO5S. The molecule has 0 spiro atoms. The molecule has 1 saturated heterocycles. The number of rotatable bonds is 3. The molecule has 0 radical (unpaired) electrons. The van der Waals surface area contributed by atoms with E-state index in [1.165, 1.54) is 4.31 Å². The Bertz CT molecular complexity index is 614. The summed E-state index contributed by atoms with van der Waals surface area (Å²) in [5, 5.41) is 8.88. The molecular weight excluding hydrogens is 350 g/mol. The Hall–Kier alpha value is -0.860. The molecule has 0 unspecified atom stereocenters. The van der Waals surface area contributed by atoms with E-state index < -0.39 is 21.8 Å². The van der Waals surface area contributed by atoms with E-state index in [4.69, 9.17) is 9.52 Å². The Labute approximate surface area is 125 Å². The number of hydrogen-bond acceptors (Lipinski definition) is 4. The molecule has 0 aliphatic carbocycles. The number of furan rings is 1. The first-order valence-corrected chi connectivity index (χ1v) is 8.54. The molecule has 2 atom stereocenters. The third-order valence-corrected chi connectivity index (χ3v) is 6.52. The number of sulfonamides is 1. The third kappa shape index (κ3) is 2.64. The van der Waals surface area contributed by atoms with E-state index in [1.807, 2.05) is 13.8 Å². The van der Waals surface area contributed by atoms with Gasteiger partial charge < -0.3 is 9.52 Å². The molecule has 1 aliphatic rings. The zero-order valence-electron chi connectivity index (χ0n) is 11.2. The monoisotopic (exact) mass is 365 g/mol. The van der Waals surface area contributed by atoms with Crippen molar-refractivity contribution >= 4 is 31.9 Å². The minimum atomic E-state index is -3.77. The van der Waals surface area contributed by atoms with Crippen LogP contribution in [0.1, 0.15) is 43.7 Å². The molecule has 0 bridgehead atoms. The van der Waals surface area contributed by atoms with Gasteiger partial charge in [0.1, 0.15) is 4.90 Å². The Morgan fingerprint density at radius 1 is 1.40 bits per heavy atom. The zero-order valence-corrected chi connectivity index (χ0v) is 13.6. The van der Waals surface area contributed by atoms with E-state index in [2.05, 4.69) is 15.9 Å². The molecule has 0 amide bonds. The number of carbonyl (C=O) groups is 1. The van der Waals surface area contributed by atoms with Gasteiger partial charge in [-0.15, -0.1) is 0 Å². The zero-order chi connectivity index (χ0) is 15.1. The van der Waals surface area contributed by atoms with Crippen molar-refractivity contribution in [3.05, 3.63) is 16.5 Å². The predicted octanol–water partition coefficient (Wildman–Crippen LogP) is 2.69. The van der Waals surface area contributed by atoms with Gasteiger partial charge in [-0.3, -0.25) is 0 Å². The maximum Gasteiger partial charge on any atom is 0.371 e. The van der Waals surface area contributed by atoms with Crippen LogP contribution in [-0.2, 0) is 10.0 Å². The van der Waals surface area contributed by atoms with Crippen molar-refractivity contribution in [1.82, 2.24) is 4.31 Å². The standard InChI is InChI=1S/C12H16BrNO5S/c1-7-4-3-5-8(2)14(7)20(17,18)10-6-9(12(15)16)19-11(10)13/h6-8H,3-5H2,1-2H3,(H,15,16)/t7-,8+. The topological polar surface area (TPSA) is 87.8 Å². The third-order valence-electron chi connectivity index (χ3n) is 3.53. The molecule has 112 valence electrons. The average molecular weight is 366 g/mol. The van der Waals surface area contributed by atoms with Gasteiger partial charge in [0, 0.05) is 18.2 Å². The largest absolute Gasteiger partial charge is 0.475 e. The van der Waals surface area contributed by atoms with Crippen LogP contribution in [0.2, 0.25) is 0 Å². The number of piperidine rings is 1. The average Bonchev–Trinajstić information content (AvgIpc) is 2.71. The van der Waals surface area contributed by atoms with Gasteiger partial charge in [0.2, 0.25) is 15.8 Å². The lowest BCUT2D eigenvalue weighted by Crippen LogP contribution is -2.47. The molecule has 1 aromatic rings. The molecule has 6 nitrogen and oxygen atoms in total. The van der Waals surface area contributed by atoms with Crippen molar-refractivity contribution in [2.75, 3.05) is 0 Å². The minimum Gasteiger partial charge on any atom is -0.475 e. The first-order valence-electron chi connectivity index (χ1n) is 6.31. The van der Waals surface area contributed by atoms with Crippen molar-refractivity contribution in [2.45, 2.75) is 50.1 Å². The van der Waals surface area contributed by atoms with Crippen LogP contribution < -0.4 is 0 Å². The minimum absolute atomic E-state index is 0.0696. The lowest BCUT2D eigenvalue weighted by molar-refractivity contribution is 0.0661. The quantitative estimate of drug-likeness (QED) is 0.889. The number of carboxylic acids is 1. The lowest BCUT2D eigenvalue weighted by atomic mass is 10.0. The van der Waals surface area contributed by atoms with Gasteiger partial charge in [-0.05, 0) is 42.6 Å². The van der Waals surface area contributed by atoms with Gasteiger partial charge >= 0.3 is 5.97 Å². The normalized spacial score (nSPS) is 24.8. The summed E-state index contributed by atoms with van der Waals surface area (Å²) in [5.41, 5.74) is 0. The molecule has 20 heavy (non-hydrogen) atoms. The second-order valence-electron chi connectivity index (χ2n) is 5.02. The molecule has 1 N–H and O–H groups in total. The highest BCUT2D eigenvalue weighted by molar-refractivity contribution is 9.10. The van der Waals surface area contributed by atoms with Crippen molar-refractivity contribution in [2.24, 2.45) is 0 Å². The summed E-state index contributed by atoms with van der Waals surface area (Å²) in [6.45, 7) is 3.72. The first-order chi connectivity index (χ1) is 9.25. The Morgan fingerprint density at radius 3 is 2.40 bits per heavy atom. The van der Waals surface area contributed by atoms with Crippen molar-refractivity contribution in [1.29, 1.82) is 0 Å². The van der Waals surface area contributed by atoms with Crippen LogP contribution in [0.4, 0.5) is 0 Å². The molecule has 1 aromatic heterocycles. The van der Waals surface area contributed by atoms with Gasteiger partial charge in [0.05, 0.1) is 0 Å². The van der Waals surface area contributed by atoms with Crippen LogP contribution in [0.25, 0.3) is 0 Å². The number of carboxylic acid groups (broad SMARTS) is 1. The highest BCUT2D eigenvalue weighted by Gasteiger charge is 2.38. The highest BCUT2D eigenvalue weighted by atomic mass is 79.9. The molecule has 8 heteroatoms. The number of halogens is 1. The van der Waals surface area contributed by atoms with E-state index in [0.717, 1.165) is 25.3 Å². The molecule has 2 heterocycles. The van der Waals surface area contributed by atoms with Crippen LogP contribution in [0, 0.1) is 0 Å². The SMILES string of the molecule is C[C@@H]1CCC[C@H](C)N1S(=O)(=O)c1cc(C(=O)O)oc1Br. The van der Waals surface area contributed by atoms with E-state index in [0.29, 0.717) is 0 Å². The molecule has 2 rings (SSSR count). The summed E-state index contributed by atoms with van der Waals surface area (Å²) in [6.07, 6.45) is 2.58. The van der Waals surface area contributed by atoms with Gasteiger partial charge in [0.15, 0.2) is 4.67 Å². The summed E-state index contributed by atoms with van der Waals surface area (Å²) < 4.78 is 31.7. The number of aromatic carboxylic acids is 1. The van der Waals surface area contributed by atoms with E-state index in [-0.39, 0.29) is 21.6 Å². The number of hydrogen-bond donors (Lipinski definition) is 1. The van der Waals surface area contributed by atoms with Gasteiger partial charge in [-0.2, -0.15) is 4.31 Å². The predicted molar refractivity (Wildman–Crippen MR) is 75.2 cm³/mol. The van der Waals surface area contributed by atoms with Crippen molar-refractivity contribution in [3.63, 3.8) is 0 Å². The number of nitrogens with zero attached hydrogens (tertiary/aromatic N) is 1. The summed E-state index contributed by atoms with van der Waals surface area (Å²) in [6, 6.07) is 0.827. The maximum absolute atomic E-state index is 12.7. The first kappa shape index (κ1) is 15.5. The smallest absolute Gasteiger partial charge is 0.371 e. The highest BCUT2D eigenvalue weighted by Crippen LogP contribution is 2.34. The molecule has 0 saturated carbocycles. The second-order valence-corrected chi connectivity index (χ2v) is 7.55. The summed E-state index contributed by atoms with van der Waals surface area (Å²) >= 11 is 2.99. The van der Waals surface area contributed by atoms with Crippen LogP contribution in [-0.4, -0.2) is 35.9 Å². The maximum atomic E-state index is 12.7. The molecule has 1 fully saturated rings. The lowest BCUT2D eigenvalue weighted by Gasteiger charge is -2.37. The van der Waals surface area contributed by atoms with Crippen LogP contribution in [0.3, 0.4) is 0 Å². The van der Waals surface area contributed by atoms with Crippen LogP contribution in [0.15, 0.2) is 20.0 Å². The van der Waals surface area contributed by atoms with Crippen LogP contribution in [0.5, 0.6) is 0 Å². The van der Waals surface area contributed by atoms with E-state index >= 15 is 0 Å². The van der Waals surface area contributed by atoms with Crippen molar-refractivity contribution in [3.8, 4) is 0 Å². The fraction of sp³-hybridized carbons (Fsp3) is 0.583. The summed E-state index contributed by atoms with van der Waals surface area (Å²) in [5.74, 6) is -1.69. The fourth-order valence-electron chi connectivity index (χ4n) is 2.62. The van der Waals surface area contributed by atoms with Gasteiger partial charge in [-0.25, -0.2) is 13.2 Å². The molecule has 1 aliphatic heterocycles.